The summed E-state index contributed by atoms with van der Waals surface area (Å²) in [5, 5.41) is 20.2. The highest BCUT2D eigenvalue weighted by Crippen LogP contribution is 2.18. The van der Waals surface area contributed by atoms with Crippen molar-refractivity contribution in [2.45, 2.75) is 45.1 Å². The van der Waals surface area contributed by atoms with Gasteiger partial charge in [-0.25, -0.2) is 9.48 Å². The van der Waals surface area contributed by atoms with Crippen molar-refractivity contribution < 1.29 is 19.1 Å². The van der Waals surface area contributed by atoms with Crippen LogP contribution in [0.5, 0.6) is 5.75 Å². The molecular weight excluding hydrogens is 476 g/mol. The molecule has 0 bridgehead atoms. The van der Waals surface area contributed by atoms with Gasteiger partial charge < -0.3 is 31.2 Å². The first-order valence-corrected chi connectivity index (χ1v) is 11.9. The first-order valence-electron chi connectivity index (χ1n) is 11.9. The zero-order valence-electron chi connectivity index (χ0n) is 21.3. The largest absolute Gasteiger partial charge is 0.491 e. The van der Waals surface area contributed by atoms with Crippen molar-refractivity contribution in [1.29, 1.82) is 0 Å². The van der Waals surface area contributed by atoms with Crippen LogP contribution in [-0.2, 0) is 29.2 Å². The number of aromatic nitrogens is 4. The maximum absolute atomic E-state index is 12.7. The second-order valence-corrected chi connectivity index (χ2v) is 8.90. The molecule has 3 aromatic rings. The molecule has 1 heterocycles. The molecule has 37 heavy (non-hydrogen) atoms. The van der Waals surface area contributed by atoms with Crippen LogP contribution < -0.4 is 26.4 Å². The van der Waals surface area contributed by atoms with Crippen molar-refractivity contribution in [3.8, 4) is 5.75 Å². The van der Waals surface area contributed by atoms with Gasteiger partial charge in [0.25, 0.3) is 0 Å². The van der Waals surface area contributed by atoms with E-state index in [1.807, 2.05) is 54.6 Å². The summed E-state index contributed by atoms with van der Waals surface area (Å²) in [6.07, 6.45) is 0. The summed E-state index contributed by atoms with van der Waals surface area (Å²) in [6, 6.07) is 16.2. The monoisotopic (exact) mass is 510 g/mol. The molecule has 5 N–H and O–H groups in total. The quantitative estimate of drug-likeness (QED) is 0.268. The molecule has 2 aromatic carbocycles. The van der Waals surface area contributed by atoms with Crippen LogP contribution in [0, 0.1) is 0 Å². The third-order valence-electron chi connectivity index (χ3n) is 5.36. The summed E-state index contributed by atoms with van der Waals surface area (Å²) in [4.78, 5) is 24.2. The normalized spacial score (nSPS) is 12.0. The van der Waals surface area contributed by atoms with Crippen molar-refractivity contribution in [3.63, 3.8) is 0 Å². The SMILES string of the molecule is CNC(=O)NCc1ccccc1OCCn1nnnc1C(COCc1ccccc1)NC(=O)C(C)(C)N. The van der Waals surface area contributed by atoms with Crippen molar-refractivity contribution in [2.24, 2.45) is 5.73 Å². The molecule has 12 nitrogen and oxygen atoms in total. The van der Waals surface area contributed by atoms with E-state index < -0.39 is 11.6 Å². The van der Waals surface area contributed by atoms with Gasteiger partial charge in [0.1, 0.15) is 18.4 Å². The number of tetrazole rings is 1. The van der Waals surface area contributed by atoms with Gasteiger partial charge in [-0.2, -0.15) is 0 Å². The molecule has 1 aromatic heterocycles. The fourth-order valence-corrected chi connectivity index (χ4v) is 3.31. The van der Waals surface area contributed by atoms with Crippen molar-refractivity contribution in [3.05, 3.63) is 71.5 Å². The summed E-state index contributed by atoms with van der Waals surface area (Å²) >= 11 is 0. The average Bonchev–Trinajstić information content (AvgIpc) is 3.35. The standard InChI is InChI=1S/C25H34N8O4/c1-25(2,26)23(34)29-20(17-36-16-18-9-5-4-6-10-18)22-30-31-32-33(22)13-14-37-21-12-8-7-11-19(21)15-28-24(35)27-3/h4-12,20H,13-17,26H2,1-3H3,(H,29,34)(H2,27,28,35). The van der Waals surface area contributed by atoms with E-state index in [4.69, 9.17) is 15.2 Å². The Labute approximate surface area is 215 Å². The van der Waals surface area contributed by atoms with Crippen LogP contribution in [-0.4, -0.2) is 57.9 Å². The summed E-state index contributed by atoms with van der Waals surface area (Å²) in [7, 11) is 1.55. The van der Waals surface area contributed by atoms with Crippen LogP contribution in [0.2, 0.25) is 0 Å². The van der Waals surface area contributed by atoms with E-state index in [1.54, 1.807) is 25.6 Å². The Morgan fingerprint density at radius 2 is 1.84 bits per heavy atom. The van der Waals surface area contributed by atoms with Gasteiger partial charge in [0.15, 0.2) is 5.82 Å². The summed E-state index contributed by atoms with van der Waals surface area (Å²) in [5.74, 6) is 0.697. The van der Waals surface area contributed by atoms with E-state index in [9.17, 15) is 9.59 Å². The van der Waals surface area contributed by atoms with Gasteiger partial charge in [-0.05, 0) is 35.9 Å². The van der Waals surface area contributed by atoms with Gasteiger partial charge in [-0.3, -0.25) is 4.79 Å². The highest BCUT2D eigenvalue weighted by atomic mass is 16.5. The van der Waals surface area contributed by atoms with Crippen LogP contribution in [0.15, 0.2) is 54.6 Å². The number of carbonyl (C=O) groups is 2. The van der Waals surface area contributed by atoms with Gasteiger partial charge >= 0.3 is 6.03 Å². The predicted molar refractivity (Wildman–Crippen MR) is 136 cm³/mol. The third-order valence-corrected chi connectivity index (χ3v) is 5.36. The second-order valence-electron chi connectivity index (χ2n) is 8.90. The van der Waals surface area contributed by atoms with E-state index in [0.717, 1.165) is 11.1 Å². The van der Waals surface area contributed by atoms with E-state index in [-0.39, 0.29) is 25.2 Å². The lowest BCUT2D eigenvalue weighted by Crippen LogP contribution is -2.51. The van der Waals surface area contributed by atoms with Gasteiger partial charge in [0.05, 0.1) is 25.3 Å². The lowest BCUT2D eigenvalue weighted by Gasteiger charge is -2.24. The maximum atomic E-state index is 12.7. The highest BCUT2D eigenvalue weighted by Gasteiger charge is 2.28. The zero-order valence-corrected chi connectivity index (χ0v) is 21.3. The van der Waals surface area contributed by atoms with Gasteiger partial charge in [-0.15, -0.1) is 5.10 Å². The summed E-state index contributed by atoms with van der Waals surface area (Å²) in [6.45, 7) is 4.64. The maximum Gasteiger partial charge on any atom is 0.314 e. The fourth-order valence-electron chi connectivity index (χ4n) is 3.31. The number of nitrogens with two attached hydrogens (primary N) is 1. The molecule has 0 radical (unpaired) electrons. The van der Waals surface area contributed by atoms with Crippen LogP contribution >= 0.6 is 0 Å². The molecule has 3 amide bonds. The number of hydrogen-bond donors (Lipinski definition) is 4. The number of benzene rings is 2. The predicted octanol–water partition coefficient (Wildman–Crippen LogP) is 1.29. The van der Waals surface area contributed by atoms with Crippen molar-refractivity contribution in [2.75, 3.05) is 20.3 Å². The lowest BCUT2D eigenvalue weighted by molar-refractivity contribution is -0.126. The Hall–Kier alpha value is -4.03. The van der Waals surface area contributed by atoms with E-state index in [2.05, 4.69) is 31.5 Å². The minimum Gasteiger partial charge on any atom is -0.491 e. The number of carbonyl (C=O) groups excluding carboxylic acids is 2. The number of rotatable bonds is 13. The molecule has 0 aliphatic heterocycles. The third kappa shape index (κ3) is 8.54. The van der Waals surface area contributed by atoms with Crippen LogP contribution in [0.3, 0.4) is 0 Å². The van der Waals surface area contributed by atoms with Gasteiger partial charge in [0, 0.05) is 19.2 Å². The van der Waals surface area contributed by atoms with E-state index >= 15 is 0 Å². The topological polar surface area (TPSA) is 158 Å². The van der Waals surface area contributed by atoms with Crippen LogP contribution in [0.25, 0.3) is 0 Å². The molecule has 0 aliphatic carbocycles. The van der Waals surface area contributed by atoms with Crippen LogP contribution in [0.4, 0.5) is 4.79 Å². The molecular formula is C25H34N8O4. The fraction of sp³-hybridized carbons (Fsp3) is 0.400. The molecule has 0 spiro atoms. The number of ether oxygens (including phenoxy) is 2. The molecule has 198 valence electrons. The minimum absolute atomic E-state index is 0.145. The Kier molecular flexibility index (Phi) is 9.92. The number of nitrogens with zero attached hydrogens (tertiary/aromatic N) is 4. The molecule has 0 saturated carbocycles. The first-order chi connectivity index (χ1) is 17.8. The smallest absolute Gasteiger partial charge is 0.314 e. The Bertz CT molecular complexity index is 1150. The molecule has 3 rings (SSSR count). The Morgan fingerprint density at radius 1 is 1.11 bits per heavy atom. The minimum atomic E-state index is -1.09. The molecule has 0 fully saturated rings. The molecule has 0 aliphatic rings. The van der Waals surface area contributed by atoms with Crippen molar-refractivity contribution in [1.82, 2.24) is 36.2 Å². The van der Waals surface area contributed by atoms with Gasteiger partial charge in [0.2, 0.25) is 5.91 Å². The second kappa shape index (κ2) is 13.3. The molecule has 12 heteroatoms. The van der Waals surface area contributed by atoms with Gasteiger partial charge in [-0.1, -0.05) is 48.5 Å². The highest BCUT2D eigenvalue weighted by molar-refractivity contribution is 5.85. The molecule has 0 saturated heterocycles. The number of amides is 3. The first kappa shape index (κ1) is 27.6. The summed E-state index contributed by atoms with van der Waals surface area (Å²) in [5.41, 5.74) is 6.73. The number of nitrogens with one attached hydrogen (secondary N) is 3. The van der Waals surface area contributed by atoms with E-state index in [1.165, 1.54) is 0 Å². The summed E-state index contributed by atoms with van der Waals surface area (Å²) < 4.78 is 13.4. The zero-order chi connectivity index (χ0) is 26.7. The van der Waals surface area contributed by atoms with Crippen LogP contribution in [0.1, 0.15) is 36.8 Å². The van der Waals surface area contributed by atoms with E-state index in [0.29, 0.717) is 31.3 Å². The molecule has 1 unspecified atom stereocenters. The van der Waals surface area contributed by atoms with Crippen molar-refractivity contribution >= 4 is 11.9 Å². The number of urea groups is 1. The Balaban J connectivity index is 1.65. The number of para-hydroxylation sites is 1. The molecule has 1 atom stereocenters. The Morgan fingerprint density at radius 3 is 2.57 bits per heavy atom. The lowest BCUT2D eigenvalue weighted by atomic mass is 10.1. The number of hydrogen-bond acceptors (Lipinski definition) is 8. The average molecular weight is 511 g/mol.